The topological polar surface area (TPSA) is 69.6 Å². The van der Waals surface area contributed by atoms with Crippen molar-refractivity contribution in [3.05, 3.63) is 17.8 Å². The molecule has 7 nitrogen and oxygen atoms in total. The van der Waals surface area contributed by atoms with E-state index in [0.29, 0.717) is 37.2 Å². The van der Waals surface area contributed by atoms with Crippen molar-refractivity contribution in [2.45, 2.75) is 25.3 Å². The number of aromatic nitrogens is 2. The fourth-order valence-electron chi connectivity index (χ4n) is 4.42. The highest BCUT2D eigenvalue weighted by Gasteiger charge is 2.28. The molecule has 0 unspecified atom stereocenters. The quantitative estimate of drug-likeness (QED) is 0.518. The number of hydrogen-bond acceptors (Lipinski definition) is 7. The number of fused-ring (bicyclic) bond motifs is 1. The van der Waals surface area contributed by atoms with Crippen molar-refractivity contribution >= 4 is 45.1 Å². The second-order valence-corrected chi connectivity index (χ2v) is 10.4. The molecule has 30 heavy (non-hydrogen) atoms. The Hall–Kier alpha value is -1.71. The zero-order valence-corrected chi connectivity index (χ0v) is 19.3. The van der Waals surface area contributed by atoms with Crippen LogP contribution in [0.25, 0.3) is 10.2 Å². The van der Waals surface area contributed by atoms with Gasteiger partial charge in [0.2, 0.25) is 11.8 Å². The molecular weight excluding hydrogens is 418 g/mol. The molecule has 0 spiro atoms. The van der Waals surface area contributed by atoms with Crippen LogP contribution in [0.4, 0.5) is 0 Å². The van der Waals surface area contributed by atoms with E-state index in [1.807, 2.05) is 21.2 Å². The van der Waals surface area contributed by atoms with Gasteiger partial charge in [0, 0.05) is 44.7 Å². The van der Waals surface area contributed by atoms with E-state index < -0.39 is 0 Å². The minimum Gasteiger partial charge on any atom is -0.341 e. The lowest BCUT2D eigenvalue weighted by Gasteiger charge is -2.38. The van der Waals surface area contributed by atoms with Gasteiger partial charge in [0.1, 0.15) is 16.2 Å². The molecule has 0 aliphatic carbocycles. The number of hydrogen-bond donors (Lipinski definition) is 0. The fourth-order valence-corrected chi connectivity index (χ4v) is 6.10. The van der Waals surface area contributed by atoms with Crippen molar-refractivity contribution in [3.8, 4) is 0 Å². The van der Waals surface area contributed by atoms with Crippen LogP contribution in [-0.2, 0) is 9.59 Å². The third-order valence-corrected chi connectivity index (χ3v) is 7.67. The van der Waals surface area contributed by atoms with Crippen molar-refractivity contribution in [3.63, 3.8) is 0 Å². The summed E-state index contributed by atoms with van der Waals surface area (Å²) in [6, 6.07) is 2.01. The van der Waals surface area contributed by atoms with Crippen molar-refractivity contribution < 1.29 is 9.59 Å². The van der Waals surface area contributed by atoms with Crippen molar-refractivity contribution in [1.29, 1.82) is 0 Å². The summed E-state index contributed by atoms with van der Waals surface area (Å²) in [5.41, 5.74) is 0. The number of amides is 2. The fraction of sp³-hybridized carbons (Fsp3) is 0.619. The van der Waals surface area contributed by atoms with Gasteiger partial charge in [0.05, 0.1) is 12.3 Å². The maximum atomic E-state index is 12.7. The first kappa shape index (κ1) is 21.5. The molecule has 4 heterocycles. The van der Waals surface area contributed by atoms with Crippen LogP contribution in [0.15, 0.2) is 22.8 Å². The van der Waals surface area contributed by atoms with Crippen LogP contribution in [0.3, 0.4) is 0 Å². The van der Waals surface area contributed by atoms with Crippen LogP contribution < -0.4 is 0 Å². The summed E-state index contributed by atoms with van der Waals surface area (Å²) in [4.78, 5) is 41.0. The molecule has 2 aromatic rings. The average Bonchev–Trinajstić information content (AvgIpc) is 3.21. The van der Waals surface area contributed by atoms with Crippen LogP contribution in [0, 0.1) is 11.8 Å². The summed E-state index contributed by atoms with van der Waals surface area (Å²) < 4.78 is 0. The van der Waals surface area contributed by atoms with Crippen molar-refractivity contribution in [2.24, 2.45) is 11.8 Å². The van der Waals surface area contributed by atoms with Gasteiger partial charge < -0.3 is 9.80 Å². The lowest BCUT2D eigenvalue weighted by Crippen LogP contribution is -2.53. The van der Waals surface area contributed by atoms with E-state index in [0.717, 1.165) is 41.4 Å². The van der Waals surface area contributed by atoms with Gasteiger partial charge in [-0.3, -0.25) is 14.5 Å². The Balaban J connectivity index is 1.22. The Labute approximate surface area is 185 Å². The SMILES string of the molecule is C[C@@H]1C[C@@H](C)CN(C(=O)CN2CCN(C(=O)CSc3ncnc4sccc34)CC2)C1. The van der Waals surface area contributed by atoms with Gasteiger partial charge in [-0.15, -0.1) is 11.3 Å². The summed E-state index contributed by atoms with van der Waals surface area (Å²) >= 11 is 3.06. The molecular formula is C21H29N5O2S2. The summed E-state index contributed by atoms with van der Waals surface area (Å²) in [5, 5.41) is 3.88. The third kappa shape index (κ3) is 5.12. The van der Waals surface area contributed by atoms with Gasteiger partial charge in [-0.05, 0) is 29.7 Å². The predicted molar refractivity (Wildman–Crippen MR) is 121 cm³/mol. The first-order valence-corrected chi connectivity index (χ1v) is 12.4. The number of thiophene rings is 1. The summed E-state index contributed by atoms with van der Waals surface area (Å²) in [7, 11) is 0. The Kier molecular flexibility index (Phi) is 6.90. The van der Waals surface area contributed by atoms with Crippen molar-refractivity contribution in [2.75, 3.05) is 51.6 Å². The maximum absolute atomic E-state index is 12.7. The summed E-state index contributed by atoms with van der Waals surface area (Å²) in [5.74, 6) is 1.90. The Morgan fingerprint density at radius 1 is 1.07 bits per heavy atom. The Morgan fingerprint density at radius 3 is 2.53 bits per heavy atom. The number of likely N-dealkylation sites (tertiary alicyclic amines) is 1. The molecule has 2 saturated heterocycles. The minimum atomic E-state index is 0.131. The number of piperidine rings is 1. The van der Waals surface area contributed by atoms with Crippen LogP contribution >= 0.6 is 23.1 Å². The van der Waals surface area contributed by atoms with Crippen LogP contribution in [0.5, 0.6) is 0 Å². The molecule has 0 bridgehead atoms. The van der Waals surface area contributed by atoms with Crippen LogP contribution in [0.2, 0.25) is 0 Å². The molecule has 2 aliphatic rings. The largest absolute Gasteiger partial charge is 0.341 e. The summed E-state index contributed by atoms with van der Waals surface area (Å²) in [6.07, 6.45) is 2.76. The Morgan fingerprint density at radius 2 is 1.80 bits per heavy atom. The van der Waals surface area contributed by atoms with Gasteiger partial charge >= 0.3 is 0 Å². The maximum Gasteiger partial charge on any atom is 0.236 e. The Bertz CT molecular complexity index is 886. The van der Waals surface area contributed by atoms with Gasteiger partial charge in [-0.2, -0.15) is 0 Å². The van der Waals surface area contributed by atoms with E-state index in [-0.39, 0.29) is 11.8 Å². The smallest absolute Gasteiger partial charge is 0.236 e. The first-order valence-electron chi connectivity index (χ1n) is 10.6. The molecule has 0 radical (unpaired) electrons. The number of carbonyl (C=O) groups is 2. The number of thioether (sulfide) groups is 1. The molecule has 4 rings (SSSR count). The van der Waals surface area contributed by atoms with Gasteiger partial charge in [-0.25, -0.2) is 9.97 Å². The number of rotatable bonds is 5. The highest BCUT2D eigenvalue weighted by Crippen LogP contribution is 2.28. The molecule has 0 aromatic carbocycles. The van der Waals surface area contributed by atoms with E-state index in [1.54, 1.807) is 17.7 Å². The monoisotopic (exact) mass is 447 g/mol. The van der Waals surface area contributed by atoms with E-state index in [4.69, 9.17) is 0 Å². The van der Waals surface area contributed by atoms with Crippen molar-refractivity contribution in [1.82, 2.24) is 24.7 Å². The number of carbonyl (C=O) groups excluding carboxylic acids is 2. The molecule has 9 heteroatoms. The lowest BCUT2D eigenvalue weighted by molar-refractivity contribution is -0.136. The van der Waals surface area contributed by atoms with Gasteiger partial charge in [0.15, 0.2) is 0 Å². The van der Waals surface area contributed by atoms with Gasteiger partial charge in [-0.1, -0.05) is 25.6 Å². The molecule has 162 valence electrons. The number of nitrogens with zero attached hydrogens (tertiary/aromatic N) is 5. The van der Waals surface area contributed by atoms with E-state index >= 15 is 0 Å². The van der Waals surface area contributed by atoms with E-state index in [9.17, 15) is 9.59 Å². The summed E-state index contributed by atoms with van der Waals surface area (Å²) in [6.45, 7) is 9.53. The van der Waals surface area contributed by atoms with Crippen LogP contribution in [0.1, 0.15) is 20.3 Å². The van der Waals surface area contributed by atoms with Gasteiger partial charge in [0.25, 0.3) is 0 Å². The number of piperazine rings is 1. The second-order valence-electron chi connectivity index (χ2n) is 8.51. The molecule has 2 aliphatic heterocycles. The molecule has 2 amide bonds. The molecule has 2 atom stereocenters. The molecule has 0 saturated carbocycles. The minimum absolute atomic E-state index is 0.131. The normalized spacial score (nSPS) is 23.1. The zero-order valence-electron chi connectivity index (χ0n) is 17.6. The molecule has 2 fully saturated rings. The highest BCUT2D eigenvalue weighted by atomic mass is 32.2. The standard InChI is InChI=1S/C21H29N5O2S2/c1-15-9-16(2)11-26(10-15)18(27)12-24-4-6-25(7-5-24)19(28)13-30-21-17-3-8-29-20(17)22-14-23-21/h3,8,14-16H,4-7,9-13H2,1-2H3/t15-,16-/m1/s1. The van der Waals surface area contributed by atoms with Crippen LogP contribution in [-0.4, -0.2) is 88.0 Å². The first-order chi connectivity index (χ1) is 14.5. The molecule has 0 N–H and O–H groups in total. The van der Waals surface area contributed by atoms with E-state index in [1.165, 1.54) is 18.2 Å². The average molecular weight is 448 g/mol. The second kappa shape index (κ2) is 9.62. The predicted octanol–water partition coefficient (Wildman–Crippen LogP) is 2.43. The van der Waals surface area contributed by atoms with E-state index in [2.05, 4.69) is 28.7 Å². The molecule has 2 aromatic heterocycles. The zero-order chi connectivity index (χ0) is 21.1. The highest BCUT2D eigenvalue weighted by molar-refractivity contribution is 8.00. The third-order valence-electron chi connectivity index (χ3n) is 5.86. The lowest BCUT2D eigenvalue weighted by atomic mass is 9.92.